The van der Waals surface area contributed by atoms with Crippen molar-refractivity contribution in [1.82, 2.24) is 20.5 Å². The average molecular weight is 276 g/mol. The highest BCUT2D eigenvalue weighted by Crippen LogP contribution is 2.21. The van der Waals surface area contributed by atoms with Crippen molar-refractivity contribution in [3.8, 4) is 10.7 Å². The van der Waals surface area contributed by atoms with Crippen LogP contribution in [0, 0.1) is 5.92 Å². The molecule has 0 amide bonds. The highest BCUT2D eigenvalue weighted by molar-refractivity contribution is 7.14. The first-order chi connectivity index (χ1) is 9.25. The van der Waals surface area contributed by atoms with Gasteiger partial charge in [-0.15, -0.1) is 10.2 Å². The number of rotatable bonds is 7. The topological polar surface area (TPSA) is 50.7 Å². The van der Waals surface area contributed by atoms with Gasteiger partial charge in [0.25, 0.3) is 0 Å². The fraction of sp³-hybridized carbons (Fsp3) is 0.500. The molecule has 0 aromatic carbocycles. The van der Waals surface area contributed by atoms with Crippen molar-refractivity contribution >= 4 is 11.3 Å². The predicted molar refractivity (Wildman–Crippen MR) is 79.2 cm³/mol. The van der Waals surface area contributed by atoms with Gasteiger partial charge in [0.05, 0.1) is 0 Å². The molecular formula is C14H20N4S. The summed E-state index contributed by atoms with van der Waals surface area (Å²) in [5.41, 5.74) is 0.907. The van der Waals surface area contributed by atoms with Gasteiger partial charge in [-0.1, -0.05) is 31.3 Å². The molecule has 0 spiro atoms. The smallest absolute Gasteiger partial charge is 0.166 e. The summed E-state index contributed by atoms with van der Waals surface area (Å²) in [4.78, 5) is 4.29. The number of aromatic nitrogens is 3. The Kier molecular flexibility index (Phi) is 5.42. The van der Waals surface area contributed by atoms with Gasteiger partial charge in [-0.3, -0.25) is 4.98 Å². The maximum Gasteiger partial charge on any atom is 0.166 e. The monoisotopic (exact) mass is 276 g/mol. The Morgan fingerprint density at radius 2 is 2.16 bits per heavy atom. The van der Waals surface area contributed by atoms with Gasteiger partial charge in [-0.25, -0.2) is 0 Å². The number of nitrogens with zero attached hydrogens (tertiary/aromatic N) is 3. The Morgan fingerprint density at radius 1 is 1.26 bits per heavy atom. The van der Waals surface area contributed by atoms with E-state index in [1.54, 1.807) is 17.5 Å². The molecule has 0 aliphatic rings. The molecule has 102 valence electrons. The fourth-order valence-corrected chi connectivity index (χ4v) is 2.56. The molecule has 0 bridgehead atoms. The van der Waals surface area contributed by atoms with E-state index < -0.39 is 0 Å². The van der Waals surface area contributed by atoms with Gasteiger partial charge in [-0.2, -0.15) is 0 Å². The van der Waals surface area contributed by atoms with Crippen LogP contribution >= 0.6 is 11.3 Å². The molecule has 0 fully saturated rings. The second kappa shape index (κ2) is 7.31. The normalized spacial score (nSPS) is 11.1. The first-order valence-electron chi connectivity index (χ1n) is 6.70. The van der Waals surface area contributed by atoms with E-state index in [2.05, 4.69) is 34.3 Å². The molecule has 4 nitrogen and oxygen atoms in total. The third kappa shape index (κ3) is 4.69. The zero-order valence-electron chi connectivity index (χ0n) is 11.5. The molecule has 0 aliphatic carbocycles. The summed E-state index contributed by atoms with van der Waals surface area (Å²) in [7, 11) is 0. The van der Waals surface area contributed by atoms with Crippen LogP contribution in [0.2, 0.25) is 0 Å². The van der Waals surface area contributed by atoms with Crippen LogP contribution in [0.5, 0.6) is 0 Å². The van der Waals surface area contributed by atoms with Crippen molar-refractivity contribution in [3.63, 3.8) is 0 Å². The van der Waals surface area contributed by atoms with Crippen LogP contribution in [-0.4, -0.2) is 28.3 Å². The van der Waals surface area contributed by atoms with E-state index in [0.29, 0.717) is 5.92 Å². The Morgan fingerprint density at radius 3 is 2.89 bits per heavy atom. The van der Waals surface area contributed by atoms with Gasteiger partial charge in [-0.05, 0) is 37.6 Å². The molecule has 0 saturated carbocycles. The fourth-order valence-electron chi connectivity index (χ4n) is 1.70. The van der Waals surface area contributed by atoms with Crippen LogP contribution in [0.1, 0.15) is 25.3 Å². The average Bonchev–Trinajstić information content (AvgIpc) is 2.88. The molecule has 0 atom stereocenters. The largest absolute Gasteiger partial charge is 0.316 e. The Balaban J connectivity index is 1.78. The minimum Gasteiger partial charge on any atom is -0.316 e. The lowest BCUT2D eigenvalue weighted by Crippen LogP contribution is -2.21. The third-order valence-electron chi connectivity index (χ3n) is 2.65. The van der Waals surface area contributed by atoms with E-state index in [9.17, 15) is 0 Å². The lowest BCUT2D eigenvalue weighted by atomic mass is 10.2. The van der Waals surface area contributed by atoms with E-state index >= 15 is 0 Å². The molecule has 0 aliphatic heterocycles. The van der Waals surface area contributed by atoms with E-state index in [0.717, 1.165) is 41.6 Å². The van der Waals surface area contributed by atoms with Gasteiger partial charge in [0.2, 0.25) is 0 Å². The van der Waals surface area contributed by atoms with Gasteiger partial charge >= 0.3 is 0 Å². The van der Waals surface area contributed by atoms with Crippen molar-refractivity contribution < 1.29 is 0 Å². The zero-order valence-corrected chi connectivity index (χ0v) is 12.3. The van der Waals surface area contributed by atoms with Crippen molar-refractivity contribution in [2.75, 3.05) is 13.1 Å². The second-order valence-corrected chi connectivity index (χ2v) is 5.98. The molecule has 1 N–H and O–H groups in total. The third-order valence-corrected chi connectivity index (χ3v) is 3.65. The molecule has 19 heavy (non-hydrogen) atoms. The summed E-state index contributed by atoms with van der Waals surface area (Å²) < 4.78 is 0. The van der Waals surface area contributed by atoms with Gasteiger partial charge < -0.3 is 5.32 Å². The SMILES string of the molecule is CC(C)CNCCCc1nnc(-c2ccccn2)s1. The van der Waals surface area contributed by atoms with Crippen LogP contribution in [0.15, 0.2) is 24.4 Å². The standard InChI is InChI=1S/C14H20N4S/c1-11(2)10-15-8-5-7-13-17-18-14(19-13)12-6-3-4-9-16-12/h3-4,6,9,11,15H,5,7-8,10H2,1-2H3. The first-order valence-corrected chi connectivity index (χ1v) is 7.52. The van der Waals surface area contributed by atoms with Crippen LogP contribution in [0.3, 0.4) is 0 Å². The zero-order chi connectivity index (χ0) is 13.5. The van der Waals surface area contributed by atoms with E-state index in [-0.39, 0.29) is 0 Å². The van der Waals surface area contributed by atoms with Gasteiger partial charge in [0.15, 0.2) is 5.01 Å². The molecular weight excluding hydrogens is 256 g/mol. The molecule has 2 aromatic heterocycles. The van der Waals surface area contributed by atoms with Crippen molar-refractivity contribution in [1.29, 1.82) is 0 Å². The summed E-state index contributed by atoms with van der Waals surface area (Å²) in [6.07, 6.45) is 3.87. The molecule has 0 radical (unpaired) electrons. The number of hydrogen-bond acceptors (Lipinski definition) is 5. The minimum atomic E-state index is 0.706. The van der Waals surface area contributed by atoms with Gasteiger partial charge in [0.1, 0.15) is 10.7 Å². The van der Waals surface area contributed by atoms with E-state index in [1.165, 1.54) is 0 Å². The summed E-state index contributed by atoms with van der Waals surface area (Å²) >= 11 is 1.64. The predicted octanol–water partition coefficient (Wildman–Crippen LogP) is 2.78. The highest BCUT2D eigenvalue weighted by atomic mass is 32.1. The van der Waals surface area contributed by atoms with Crippen molar-refractivity contribution in [3.05, 3.63) is 29.4 Å². The van der Waals surface area contributed by atoms with Crippen molar-refractivity contribution in [2.24, 2.45) is 5.92 Å². The first kappa shape index (κ1) is 14.1. The van der Waals surface area contributed by atoms with Crippen LogP contribution in [0.4, 0.5) is 0 Å². The van der Waals surface area contributed by atoms with Crippen LogP contribution in [0.25, 0.3) is 10.7 Å². The Labute approximate surface area is 118 Å². The molecule has 2 aromatic rings. The molecule has 0 saturated heterocycles. The van der Waals surface area contributed by atoms with Crippen molar-refractivity contribution in [2.45, 2.75) is 26.7 Å². The number of hydrogen-bond donors (Lipinski definition) is 1. The molecule has 2 heterocycles. The molecule has 5 heteroatoms. The van der Waals surface area contributed by atoms with E-state index in [4.69, 9.17) is 0 Å². The van der Waals surface area contributed by atoms with Crippen LogP contribution in [-0.2, 0) is 6.42 Å². The number of pyridine rings is 1. The lowest BCUT2D eigenvalue weighted by molar-refractivity contribution is 0.542. The lowest BCUT2D eigenvalue weighted by Gasteiger charge is -2.05. The Bertz CT molecular complexity index is 481. The van der Waals surface area contributed by atoms with E-state index in [1.807, 2.05) is 18.2 Å². The number of nitrogens with one attached hydrogen (secondary N) is 1. The number of aryl methyl sites for hydroxylation is 1. The highest BCUT2D eigenvalue weighted by Gasteiger charge is 2.06. The minimum absolute atomic E-state index is 0.706. The summed E-state index contributed by atoms with van der Waals surface area (Å²) in [5.74, 6) is 0.706. The maximum atomic E-state index is 4.29. The second-order valence-electron chi connectivity index (χ2n) is 4.92. The molecule has 2 rings (SSSR count). The summed E-state index contributed by atoms with van der Waals surface area (Å²) in [6, 6.07) is 5.85. The quantitative estimate of drug-likeness (QED) is 0.790. The maximum absolute atomic E-state index is 4.29. The molecule has 0 unspecified atom stereocenters. The van der Waals surface area contributed by atoms with Crippen LogP contribution < -0.4 is 5.32 Å². The summed E-state index contributed by atoms with van der Waals surface area (Å²) in [6.45, 7) is 6.56. The summed E-state index contributed by atoms with van der Waals surface area (Å²) in [5, 5.41) is 13.9. The Hall–Kier alpha value is -1.33. The van der Waals surface area contributed by atoms with Gasteiger partial charge in [0, 0.05) is 12.6 Å².